The van der Waals surface area contributed by atoms with Crippen LogP contribution in [0.25, 0.3) is 0 Å². The molecular formula is C12H20ClN3O2. The molecule has 0 unspecified atom stereocenters. The van der Waals surface area contributed by atoms with Gasteiger partial charge in [-0.05, 0) is 12.3 Å². The van der Waals surface area contributed by atoms with E-state index < -0.39 is 0 Å². The lowest BCUT2D eigenvalue weighted by Gasteiger charge is -2.11. The molecule has 1 rings (SSSR count). The monoisotopic (exact) mass is 273 g/mol. The van der Waals surface area contributed by atoms with Crippen LogP contribution in [0.15, 0.2) is 11.0 Å². The van der Waals surface area contributed by atoms with Gasteiger partial charge in [0.25, 0.3) is 5.56 Å². The van der Waals surface area contributed by atoms with Crippen LogP contribution in [-0.2, 0) is 11.3 Å². The molecule has 0 aliphatic heterocycles. The quantitative estimate of drug-likeness (QED) is 0.772. The summed E-state index contributed by atoms with van der Waals surface area (Å²) in [4.78, 5) is 11.9. The number of rotatable bonds is 7. The van der Waals surface area contributed by atoms with E-state index in [0.29, 0.717) is 31.3 Å². The topological polar surface area (TPSA) is 56.1 Å². The lowest BCUT2D eigenvalue weighted by Crippen LogP contribution is -2.26. The van der Waals surface area contributed by atoms with Crippen molar-refractivity contribution in [3.8, 4) is 0 Å². The highest BCUT2D eigenvalue weighted by Gasteiger charge is 2.09. The van der Waals surface area contributed by atoms with Crippen molar-refractivity contribution in [3.05, 3.63) is 21.6 Å². The van der Waals surface area contributed by atoms with E-state index in [2.05, 4.69) is 10.4 Å². The van der Waals surface area contributed by atoms with Crippen LogP contribution < -0.4 is 10.9 Å². The number of halogens is 1. The first-order valence-electron chi connectivity index (χ1n) is 6.04. The average Bonchev–Trinajstić information content (AvgIpc) is 2.32. The van der Waals surface area contributed by atoms with Gasteiger partial charge in [0.1, 0.15) is 5.02 Å². The van der Waals surface area contributed by atoms with Gasteiger partial charge in [0.05, 0.1) is 11.9 Å². The van der Waals surface area contributed by atoms with Crippen molar-refractivity contribution in [1.29, 1.82) is 0 Å². The fourth-order valence-electron chi connectivity index (χ4n) is 1.50. The molecule has 0 saturated heterocycles. The van der Waals surface area contributed by atoms with Crippen molar-refractivity contribution in [2.75, 3.05) is 25.6 Å². The Labute approximate surface area is 112 Å². The number of ether oxygens (including phenoxy) is 1. The van der Waals surface area contributed by atoms with Crippen LogP contribution in [0, 0.1) is 5.92 Å². The maximum absolute atomic E-state index is 11.9. The second-order valence-electron chi connectivity index (χ2n) is 4.53. The summed E-state index contributed by atoms with van der Waals surface area (Å²) in [5, 5.41) is 7.38. The summed E-state index contributed by atoms with van der Waals surface area (Å²) in [6, 6.07) is 0. The fourth-order valence-corrected chi connectivity index (χ4v) is 1.72. The van der Waals surface area contributed by atoms with Crippen molar-refractivity contribution in [1.82, 2.24) is 9.78 Å². The molecule has 102 valence electrons. The van der Waals surface area contributed by atoms with E-state index in [1.165, 1.54) is 4.68 Å². The maximum atomic E-state index is 11.9. The largest absolute Gasteiger partial charge is 0.385 e. The Hall–Kier alpha value is -1.07. The predicted molar refractivity (Wildman–Crippen MR) is 73.3 cm³/mol. The van der Waals surface area contributed by atoms with Crippen LogP contribution in [0.4, 0.5) is 5.69 Å². The third-order valence-corrected chi connectivity index (χ3v) is 2.73. The van der Waals surface area contributed by atoms with Gasteiger partial charge in [0.2, 0.25) is 0 Å². The number of nitrogens with one attached hydrogen (secondary N) is 1. The zero-order valence-corrected chi connectivity index (χ0v) is 11.8. The van der Waals surface area contributed by atoms with Crippen molar-refractivity contribution in [2.24, 2.45) is 5.92 Å². The van der Waals surface area contributed by atoms with Gasteiger partial charge < -0.3 is 10.1 Å². The second-order valence-corrected chi connectivity index (χ2v) is 4.90. The third kappa shape index (κ3) is 4.31. The standard InChI is InChI=1S/C12H20ClN3O2/c1-9(2)8-16-12(17)11(13)10(7-15-16)14-5-4-6-18-3/h7,9,14H,4-6,8H2,1-3H3. The van der Waals surface area contributed by atoms with Crippen LogP contribution >= 0.6 is 11.6 Å². The normalized spacial score (nSPS) is 10.9. The first kappa shape index (κ1) is 15.0. The molecule has 0 aromatic carbocycles. The Morgan fingerprint density at radius 2 is 2.28 bits per heavy atom. The fraction of sp³-hybridized carbons (Fsp3) is 0.667. The molecule has 0 atom stereocenters. The Morgan fingerprint density at radius 1 is 1.56 bits per heavy atom. The maximum Gasteiger partial charge on any atom is 0.287 e. The van der Waals surface area contributed by atoms with Gasteiger partial charge in [-0.25, -0.2) is 4.68 Å². The molecule has 0 radical (unpaired) electrons. The van der Waals surface area contributed by atoms with Crippen LogP contribution in [0.3, 0.4) is 0 Å². The van der Waals surface area contributed by atoms with Crippen LogP contribution in [0.2, 0.25) is 5.02 Å². The number of aromatic nitrogens is 2. The van der Waals surface area contributed by atoms with Gasteiger partial charge >= 0.3 is 0 Å². The molecule has 0 saturated carbocycles. The Bertz CT molecular complexity index is 432. The van der Waals surface area contributed by atoms with E-state index in [-0.39, 0.29) is 10.6 Å². The zero-order valence-electron chi connectivity index (χ0n) is 11.1. The smallest absolute Gasteiger partial charge is 0.287 e. The summed E-state index contributed by atoms with van der Waals surface area (Å²) in [7, 11) is 1.65. The van der Waals surface area contributed by atoms with Crippen LogP contribution in [0.5, 0.6) is 0 Å². The van der Waals surface area contributed by atoms with E-state index in [1.54, 1.807) is 13.3 Å². The SMILES string of the molecule is COCCCNc1cnn(CC(C)C)c(=O)c1Cl. The van der Waals surface area contributed by atoms with Gasteiger partial charge in [-0.15, -0.1) is 0 Å². The first-order chi connectivity index (χ1) is 8.56. The number of anilines is 1. The minimum Gasteiger partial charge on any atom is -0.385 e. The first-order valence-corrected chi connectivity index (χ1v) is 6.42. The molecular weight excluding hydrogens is 254 g/mol. The molecule has 0 fully saturated rings. The van der Waals surface area contributed by atoms with Crippen molar-refractivity contribution < 1.29 is 4.74 Å². The summed E-state index contributed by atoms with van der Waals surface area (Å²) < 4.78 is 6.34. The van der Waals surface area contributed by atoms with Crippen molar-refractivity contribution >= 4 is 17.3 Å². The molecule has 0 aliphatic carbocycles. The Morgan fingerprint density at radius 3 is 2.89 bits per heavy atom. The van der Waals surface area contributed by atoms with E-state index in [1.807, 2.05) is 13.8 Å². The van der Waals surface area contributed by atoms with Crippen molar-refractivity contribution in [2.45, 2.75) is 26.8 Å². The summed E-state index contributed by atoms with van der Waals surface area (Å²) in [5.41, 5.74) is 0.333. The second kappa shape index (κ2) is 7.38. The summed E-state index contributed by atoms with van der Waals surface area (Å²) in [6.45, 7) is 5.99. The highest BCUT2D eigenvalue weighted by Crippen LogP contribution is 2.15. The van der Waals surface area contributed by atoms with Gasteiger partial charge in [0.15, 0.2) is 0 Å². The highest BCUT2D eigenvalue weighted by molar-refractivity contribution is 6.32. The number of hydrogen-bond donors (Lipinski definition) is 1. The van der Waals surface area contributed by atoms with E-state index in [4.69, 9.17) is 16.3 Å². The Kier molecular flexibility index (Phi) is 6.15. The molecule has 18 heavy (non-hydrogen) atoms. The molecule has 0 aliphatic rings. The summed E-state index contributed by atoms with van der Waals surface area (Å²) in [6.07, 6.45) is 2.45. The minimum atomic E-state index is -0.248. The summed E-state index contributed by atoms with van der Waals surface area (Å²) >= 11 is 6.03. The van der Waals surface area contributed by atoms with Gasteiger partial charge in [-0.1, -0.05) is 25.4 Å². The molecule has 1 N–H and O–H groups in total. The highest BCUT2D eigenvalue weighted by atomic mass is 35.5. The Balaban J connectivity index is 2.72. The predicted octanol–water partition coefficient (Wildman–Crippen LogP) is 2.00. The van der Waals surface area contributed by atoms with Gasteiger partial charge in [-0.3, -0.25) is 4.79 Å². The molecule has 0 spiro atoms. The van der Waals surface area contributed by atoms with E-state index >= 15 is 0 Å². The summed E-state index contributed by atoms with van der Waals surface area (Å²) in [5.74, 6) is 0.353. The van der Waals surface area contributed by atoms with E-state index in [0.717, 1.165) is 6.42 Å². The molecule has 1 heterocycles. The molecule has 1 aromatic heterocycles. The molecule has 5 nitrogen and oxygen atoms in total. The molecule has 0 amide bonds. The van der Waals surface area contributed by atoms with Crippen LogP contribution in [0.1, 0.15) is 20.3 Å². The van der Waals surface area contributed by atoms with Gasteiger partial charge in [0, 0.05) is 26.8 Å². The molecule has 1 aromatic rings. The lowest BCUT2D eigenvalue weighted by molar-refractivity contribution is 0.198. The molecule has 0 bridgehead atoms. The lowest BCUT2D eigenvalue weighted by atomic mass is 10.2. The van der Waals surface area contributed by atoms with Gasteiger partial charge in [-0.2, -0.15) is 5.10 Å². The van der Waals surface area contributed by atoms with Crippen molar-refractivity contribution in [3.63, 3.8) is 0 Å². The third-order valence-electron chi connectivity index (χ3n) is 2.36. The number of methoxy groups -OCH3 is 1. The number of hydrogen-bond acceptors (Lipinski definition) is 4. The number of nitrogens with zero attached hydrogens (tertiary/aromatic N) is 2. The van der Waals surface area contributed by atoms with Crippen LogP contribution in [-0.4, -0.2) is 30.0 Å². The van der Waals surface area contributed by atoms with E-state index in [9.17, 15) is 4.79 Å². The minimum absolute atomic E-state index is 0.197. The molecule has 6 heteroatoms. The average molecular weight is 274 g/mol. The zero-order chi connectivity index (χ0) is 13.5.